The van der Waals surface area contributed by atoms with Crippen molar-refractivity contribution in [2.24, 2.45) is 0 Å². The number of aromatic nitrogens is 2. The molecule has 3 aromatic rings. The van der Waals surface area contributed by atoms with Gasteiger partial charge in [-0.2, -0.15) is 5.10 Å². The predicted molar refractivity (Wildman–Crippen MR) is 151 cm³/mol. The first-order chi connectivity index (χ1) is 19.6. The molecule has 216 valence electrons. The number of piperazine rings is 1. The largest absolute Gasteiger partial charge is 0.490 e. The van der Waals surface area contributed by atoms with Gasteiger partial charge in [-0.3, -0.25) is 14.5 Å². The maximum atomic E-state index is 15.0. The fourth-order valence-corrected chi connectivity index (χ4v) is 5.98. The Morgan fingerprint density at radius 3 is 2.41 bits per heavy atom. The Labute approximate surface area is 237 Å². The molecule has 2 aliphatic heterocycles. The molecular weight excluding hydrogens is 527 g/mol. The minimum atomic E-state index is -0.607. The third kappa shape index (κ3) is 5.52. The molecule has 41 heavy (non-hydrogen) atoms. The van der Waals surface area contributed by atoms with Crippen molar-refractivity contribution in [2.45, 2.75) is 83.1 Å². The Morgan fingerprint density at radius 2 is 1.76 bits per heavy atom. The second kappa shape index (κ2) is 10.5. The number of H-pyrrole nitrogens is 1. The van der Waals surface area contributed by atoms with Crippen molar-refractivity contribution in [1.82, 2.24) is 20.0 Å². The molecule has 1 saturated carbocycles. The Bertz CT molecular complexity index is 1550. The number of likely N-dealkylation sites (tertiary alicyclic amines) is 1. The van der Waals surface area contributed by atoms with E-state index in [9.17, 15) is 14.4 Å². The van der Waals surface area contributed by atoms with E-state index in [-0.39, 0.29) is 35.4 Å². The number of hydrogen-bond donors (Lipinski definition) is 1. The number of aromatic amines is 1. The summed E-state index contributed by atoms with van der Waals surface area (Å²) in [6.45, 7) is 6.14. The molecule has 1 aromatic heterocycles. The summed E-state index contributed by atoms with van der Waals surface area (Å²) in [4.78, 5) is 42.2. The van der Waals surface area contributed by atoms with Crippen LogP contribution in [0.5, 0.6) is 5.75 Å². The molecule has 1 N–H and O–H groups in total. The van der Waals surface area contributed by atoms with Crippen molar-refractivity contribution < 1.29 is 23.5 Å². The van der Waals surface area contributed by atoms with Gasteiger partial charge in [-0.05, 0) is 88.8 Å². The average Bonchev–Trinajstić information content (AvgIpc) is 3.17. The molecule has 2 amide bonds. The normalized spacial score (nSPS) is 20.7. The number of amides is 2. The smallest absolute Gasteiger partial charge is 0.410 e. The summed E-state index contributed by atoms with van der Waals surface area (Å²) in [5.74, 6) is -0.317. The maximum absolute atomic E-state index is 15.0. The van der Waals surface area contributed by atoms with Crippen molar-refractivity contribution >= 4 is 22.8 Å². The second-order valence-electron chi connectivity index (χ2n) is 12.4. The third-order valence-electron chi connectivity index (χ3n) is 8.20. The Balaban J connectivity index is 1.22. The molecule has 3 heterocycles. The first-order valence-corrected chi connectivity index (χ1v) is 14.3. The van der Waals surface area contributed by atoms with Gasteiger partial charge < -0.3 is 14.4 Å². The molecule has 6 rings (SSSR count). The van der Waals surface area contributed by atoms with E-state index in [1.165, 1.54) is 6.07 Å². The van der Waals surface area contributed by atoms with Gasteiger partial charge in [0.05, 0.1) is 34.8 Å². The van der Waals surface area contributed by atoms with E-state index in [2.05, 4.69) is 10.2 Å². The molecule has 0 radical (unpaired) electrons. The van der Waals surface area contributed by atoms with Gasteiger partial charge in [0.25, 0.3) is 11.5 Å². The number of rotatable bonds is 5. The number of carbonyl (C=O) groups excluding carboxylic acids is 2. The molecule has 2 aromatic carbocycles. The molecule has 2 atom stereocenters. The average molecular weight is 563 g/mol. The summed E-state index contributed by atoms with van der Waals surface area (Å²) in [7, 11) is 0. The number of benzene rings is 2. The van der Waals surface area contributed by atoms with Gasteiger partial charge >= 0.3 is 6.09 Å². The molecule has 3 aliphatic rings. The van der Waals surface area contributed by atoms with Crippen molar-refractivity contribution in [3.8, 4) is 5.75 Å². The number of nitrogens with one attached hydrogen (secondary N) is 1. The van der Waals surface area contributed by atoms with Gasteiger partial charge in [-0.1, -0.05) is 6.07 Å². The standard InChI is InChI=1S/C31H35FN4O5/c1-31(2,3)41-30(39)36-19-8-9-20(36)17-35(16-19)29(38)25-13-18(7-12-26(25)32)14-27-24-15-22(40-21-5-4-6-21)10-11-23(24)28(37)34-33-27/h7,10-13,15,19-21H,4-6,8-9,14,16-17H2,1-3H3,(H,34,37)/t19-,20+. The van der Waals surface area contributed by atoms with Gasteiger partial charge in [0.15, 0.2) is 0 Å². The summed E-state index contributed by atoms with van der Waals surface area (Å²) < 4.78 is 26.6. The Morgan fingerprint density at radius 1 is 1.02 bits per heavy atom. The van der Waals surface area contributed by atoms with Crippen LogP contribution in [0.4, 0.5) is 9.18 Å². The lowest BCUT2D eigenvalue weighted by Gasteiger charge is -2.41. The van der Waals surface area contributed by atoms with Gasteiger partial charge in [-0.15, -0.1) is 0 Å². The first-order valence-electron chi connectivity index (χ1n) is 14.3. The van der Waals surface area contributed by atoms with E-state index in [4.69, 9.17) is 9.47 Å². The van der Waals surface area contributed by atoms with Crippen molar-refractivity contribution in [1.29, 1.82) is 0 Å². The zero-order valence-electron chi connectivity index (χ0n) is 23.6. The van der Waals surface area contributed by atoms with Gasteiger partial charge in [0.1, 0.15) is 17.2 Å². The lowest BCUT2D eigenvalue weighted by atomic mass is 9.96. The summed E-state index contributed by atoms with van der Waals surface area (Å²) in [5, 5.41) is 8.00. The molecule has 9 nitrogen and oxygen atoms in total. The molecule has 2 saturated heterocycles. The van der Waals surface area contributed by atoms with Crippen LogP contribution in [0.2, 0.25) is 0 Å². The van der Waals surface area contributed by atoms with Crippen molar-refractivity contribution in [3.05, 3.63) is 69.4 Å². The fraction of sp³-hybridized carbons (Fsp3) is 0.484. The summed E-state index contributed by atoms with van der Waals surface area (Å²) in [6, 6.07) is 9.53. The predicted octanol–water partition coefficient (Wildman–Crippen LogP) is 4.81. The number of hydrogen-bond acceptors (Lipinski definition) is 6. The van der Waals surface area contributed by atoms with Crippen LogP contribution in [0.1, 0.15) is 74.5 Å². The molecule has 3 fully saturated rings. The monoisotopic (exact) mass is 562 g/mol. The molecule has 2 bridgehead atoms. The number of ether oxygens (including phenoxy) is 2. The molecule has 1 aliphatic carbocycles. The SMILES string of the molecule is CC(C)(C)OC(=O)N1[C@@H]2CC[C@H]1CN(C(=O)c1cc(Cc3n[nH]c(=O)c4ccc(OC5CCC5)cc34)ccc1F)C2. The van der Waals surface area contributed by atoms with E-state index in [0.29, 0.717) is 47.3 Å². The Kier molecular flexibility index (Phi) is 6.95. The summed E-state index contributed by atoms with van der Waals surface area (Å²) in [5.41, 5.74) is 0.373. The number of fused-ring (bicyclic) bond motifs is 3. The maximum Gasteiger partial charge on any atom is 0.410 e. The van der Waals surface area contributed by atoms with Gasteiger partial charge in [0.2, 0.25) is 0 Å². The minimum absolute atomic E-state index is 0.0182. The van der Waals surface area contributed by atoms with E-state index in [1.54, 1.807) is 34.1 Å². The van der Waals surface area contributed by atoms with Crippen LogP contribution < -0.4 is 10.3 Å². The highest BCUT2D eigenvalue weighted by Crippen LogP contribution is 2.33. The van der Waals surface area contributed by atoms with E-state index >= 15 is 4.39 Å². The highest BCUT2D eigenvalue weighted by atomic mass is 19.1. The highest BCUT2D eigenvalue weighted by Gasteiger charge is 2.45. The second-order valence-corrected chi connectivity index (χ2v) is 12.4. The summed E-state index contributed by atoms with van der Waals surface area (Å²) in [6.07, 6.45) is 4.84. The highest BCUT2D eigenvalue weighted by molar-refractivity contribution is 5.95. The van der Waals surface area contributed by atoms with Crippen LogP contribution in [0.15, 0.2) is 41.2 Å². The van der Waals surface area contributed by atoms with Crippen LogP contribution in [0.25, 0.3) is 10.8 Å². The van der Waals surface area contributed by atoms with Crippen LogP contribution in [0.3, 0.4) is 0 Å². The topological polar surface area (TPSA) is 105 Å². The molecular formula is C31H35FN4O5. The number of nitrogens with zero attached hydrogens (tertiary/aromatic N) is 3. The van der Waals surface area contributed by atoms with Crippen molar-refractivity contribution in [2.75, 3.05) is 13.1 Å². The molecule has 0 spiro atoms. The molecule has 0 unspecified atom stereocenters. The third-order valence-corrected chi connectivity index (χ3v) is 8.20. The van der Waals surface area contributed by atoms with Gasteiger partial charge in [0, 0.05) is 24.9 Å². The zero-order valence-corrected chi connectivity index (χ0v) is 23.6. The van der Waals surface area contributed by atoms with Crippen LogP contribution in [-0.2, 0) is 11.2 Å². The lowest BCUT2D eigenvalue weighted by molar-refractivity contribution is -0.00343. The first kappa shape index (κ1) is 27.2. The van der Waals surface area contributed by atoms with E-state index in [1.807, 2.05) is 26.8 Å². The number of halogens is 1. The molecule has 10 heteroatoms. The Hall–Kier alpha value is -3.95. The summed E-state index contributed by atoms with van der Waals surface area (Å²) >= 11 is 0. The van der Waals surface area contributed by atoms with Crippen LogP contribution >= 0.6 is 0 Å². The zero-order chi connectivity index (χ0) is 28.9. The lowest BCUT2D eigenvalue weighted by Crippen LogP contribution is -2.58. The number of carbonyl (C=O) groups is 2. The van der Waals surface area contributed by atoms with Crippen molar-refractivity contribution in [3.63, 3.8) is 0 Å². The minimum Gasteiger partial charge on any atom is -0.490 e. The quantitative estimate of drug-likeness (QED) is 0.479. The van der Waals surface area contributed by atoms with Crippen LogP contribution in [0, 0.1) is 5.82 Å². The van der Waals surface area contributed by atoms with E-state index < -0.39 is 17.3 Å². The van der Waals surface area contributed by atoms with Crippen LogP contribution in [-0.4, -0.2) is 68.9 Å². The van der Waals surface area contributed by atoms with E-state index in [0.717, 1.165) is 32.1 Å². The van der Waals surface area contributed by atoms with Gasteiger partial charge in [-0.25, -0.2) is 14.3 Å². The fourth-order valence-electron chi connectivity index (χ4n) is 5.98.